The molecule has 0 aliphatic carbocycles. The summed E-state index contributed by atoms with van der Waals surface area (Å²) in [4.78, 5) is 9.77. The van der Waals surface area contributed by atoms with Crippen molar-refractivity contribution in [3.8, 4) is 5.88 Å². The molecule has 2 atom stereocenters. The molecule has 3 heterocycles. The molecule has 0 bridgehead atoms. The van der Waals surface area contributed by atoms with Gasteiger partial charge >= 0.3 is 0 Å². The van der Waals surface area contributed by atoms with Crippen molar-refractivity contribution in [1.82, 2.24) is 19.8 Å². The van der Waals surface area contributed by atoms with E-state index in [2.05, 4.69) is 9.97 Å². The number of rotatable bonds is 11. The third kappa shape index (κ3) is 5.76. The lowest BCUT2D eigenvalue weighted by Crippen LogP contribution is -2.49. The van der Waals surface area contributed by atoms with Crippen LogP contribution >= 0.6 is 0 Å². The monoisotopic (exact) mass is 544 g/mol. The number of likely N-dealkylation sites (N-methyl/N-ethyl adjacent to an activating group) is 1. The van der Waals surface area contributed by atoms with Crippen LogP contribution in [0.1, 0.15) is 36.2 Å². The molecule has 0 radical (unpaired) electrons. The number of pyridine rings is 1. The summed E-state index contributed by atoms with van der Waals surface area (Å²) < 4.78 is 91.9. The van der Waals surface area contributed by atoms with E-state index in [4.69, 9.17) is 4.74 Å². The highest BCUT2D eigenvalue weighted by Crippen LogP contribution is 2.44. The van der Waals surface area contributed by atoms with E-state index in [1.54, 1.807) is 18.9 Å². The van der Waals surface area contributed by atoms with Crippen LogP contribution in [0.5, 0.6) is 5.88 Å². The molecule has 2 aromatic heterocycles. The quantitative estimate of drug-likeness (QED) is 0.345. The van der Waals surface area contributed by atoms with Crippen molar-refractivity contribution < 1.29 is 36.2 Å². The third-order valence-electron chi connectivity index (χ3n) is 6.85. The fraction of sp³-hybridized carbons (Fsp3) is 0.500. The number of aliphatic hydroxyl groups is 1. The smallest absolute Gasteiger partial charge is 0.283 e. The lowest BCUT2D eigenvalue weighted by molar-refractivity contribution is -0.0869. The van der Waals surface area contributed by atoms with Gasteiger partial charge in [-0.05, 0) is 50.6 Å². The maximum atomic E-state index is 15.8. The minimum atomic E-state index is -3.55. The first-order chi connectivity index (χ1) is 18.1. The SMILES string of the molecule is C[C@@H]1Cc2c([nH]c3ccc(F)cc23)[C@@H](c2c(F)cnc(OCCN(C)CCCF)c2F)N1CC(F)(F)CO. The second-order valence-corrected chi connectivity index (χ2v) is 9.68. The van der Waals surface area contributed by atoms with Gasteiger partial charge in [0.05, 0.1) is 31.0 Å². The van der Waals surface area contributed by atoms with E-state index in [1.165, 1.54) is 23.1 Å². The van der Waals surface area contributed by atoms with Gasteiger partial charge < -0.3 is 19.7 Å². The highest BCUT2D eigenvalue weighted by Gasteiger charge is 2.44. The largest absolute Gasteiger partial charge is 0.474 e. The van der Waals surface area contributed by atoms with Crippen molar-refractivity contribution in [2.24, 2.45) is 0 Å². The molecule has 1 aliphatic heterocycles. The highest BCUT2D eigenvalue weighted by molar-refractivity contribution is 5.85. The van der Waals surface area contributed by atoms with E-state index in [1.807, 2.05) is 0 Å². The zero-order valence-electron chi connectivity index (χ0n) is 21.1. The molecular formula is C26H30F6N4O2. The van der Waals surface area contributed by atoms with Gasteiger partial charge in [-0.25, -0.2) is 26.9 Å². The average Bonchev–Trinajstić information content (AvgIpc) is 3.22. The molecule has 208 valence electrons. The zero-order chi connectivity index (χ0) is 27.6. The summed E-state index contributed by atoms with van der Waals surface area (Å²) >= 11 is 0. The number of nitrogens with zero attached hydrogens (tertiary/aromatic N) is 3. The van der Waals surface area contributed by atoms with Gasteiger partial charge in [0.2, 0.25) is 0 Å². The summed E-state index contributed by atoms with van der Waals surface area (Å²) in [6, 6.07) is 1.99. The minimum Gasteiger partial charge on any atom is -0.474 e. The Hall–Kier alpha value is -2.83. The van der Waals surface area contributed by atoms with Crippen LogP contribution in [-0.4, -0.2) is 83.4 Å². The summed E-state index contributed by atoms with van der Waals surface area (Å²) in [5.41, 5.74) is 0.757. The fourth-order valence-corrected chi connectivity index (χ4v) is 4.95. The Morgan fingerprint density at radius 3 is 2.71 bits per heavy atom. The first kappa shape index (κ1) is 28.2. The van der Waals surface area contributed by atoms with Crippen molar-refractivity contribution in [2.45, 2.75) is 37.8 Å². The van der Waals surface area contributed by atoms with E-state index in [-0.39, 0.29) is 18.7 Å². The molecule has 0 unspecified atom stereocenters. The highest BCUT2D eigenvalue weighted by atomic mass is 19.3. The average molecular weight is 545 g/mol. The number of aromatic amines is 1. The van der Waals surface area contributed by atoms with Crippen LogP contribution in [0.3, 0.4) is 0 Å². The standard InChI is InChI=1S/C26H30F6N4O2/c1-15-10-18-17-11-16(28)4-5-20(17)34-23(18)24(36(15)13-26(31,32)14-37)21-19(29)12-33-25(22(21)30)38-9-8-35(2)7-3-6-27/h4-5,11-12,15,24,34,37H,3,6-10,13-14H2,1-2H3/t15-,24-/m1/s1. The third-order valence-corrected chi connectivity index (χ3v) is 6.85. The number of aromatic nitrogens is 2. The van der Waals surface area contributed by atoms with Crippen molar-refractivity contribution in [1.29, 1.82) is 0 Å². The number of H-pyrrole nitrogens is 1. The predicted molar refractivity (Wildman–Crippen MR) is 130 cm³/mol. The van der Waals surface area contributed by atoms with Crippen LogP contribution in [0, 0.1) is 17.5 Å². The number of hydrogen-bond donors (Lipinski definition) is 2. The number of fused-ring (bicyclic) bond motifs is 3. The zero-order valence-corrected chi connectivity index (χ0v) is 21.1. The van der Waals surface area contributed by atoms with Crippen LogP contribution in [0.15, 0.2) is 24.4 Å². The van der Waals surface area contributed by atoms with Gasteiger partial charge in [0.15, 0.2) is 5.82 Å². The Labute approximate surface area is 216 Å². The second kappa shape index (κ2) is 11.5. The van der Waals surface area contributed by atoms with E-state index in [9.17, 15) is 22.7 Å². The molecule has 4 rings (SSSR count). The van der Waals surface area contributed by atoms with Gasteiger partial charge in [-0.1, -0.05) is 0 Å². The number of hydrogen-bond acceptors (Lipinski definition) is 5. The maximum absolute atomic E-state index is 15.8. The van der Waals surface area contributed by atoms with Crippen LogP contribution in [-0.2, 0) is 6.42 Å². The Bertz CT molecular complexity index is 1270. The van der Waals surface area contributed by atoms with Crippen molar-refractivity contribution in [2.75, 3.05) is 46.6 Å². The molecule has 1 aromatic carbocycles. The van der Waals surface area contributed by atoms with Crippen LogP contribution < -0.4 is 4.74 Å². The van der Waals surface area contributed by atoms with E-state index < -0.39 is 66.7 Å². The normalized spacial score (nSPS) is 18.4. The van der Waals surface area contributed by atoms with E-state index >= 15 is 8.78 Å². The molecule has 0 saturated heterocycles. The molecule has 1 aliphatic rings. The minimum absolute atomic E-state index is 0.0257. The lowest BCUT2D eigenvalue weighted by atomic mass is 9.88. The number of halogens is 6. The van der Waals surface area contributed by atoms with Crippen molar-refractivity contribution >= 4 is 10.9 Å². The number of alkyl halides is 3. The van der Waals surface area contributed by atoms with Gasteiger partial charge in [0, 0.05) is 35.7 Å². The number of ether oxygens (including phenoxy) is 1. The first-order valence-electron chi connectivity index (χ1n) is 12.3. The van der Waals surface area contributed by atoms with E-state index in [0.717, 1.165) is 6.20 Å². The summed E-state index contributed by atoms with van der Waals surface area (Å²) in [5.74, 6) is -6.78. The fourth-order valence-electron chi connectivity index (χ4n) is 4.95. The van der Waals surface area contributed by atoms with Gasteiger partial charge in [0.1, 0.15) is 24.8 Å². The van der Waals surface area contributed by atoms with Crippen LogP contribution in [0.25, 0.3) is 10.9 Å². The number of benzene rings is 1. The van der Waals surface area contributed by atoms with Crippen molar-refractivity contribution in [3.63, 3.8) is 0 Å². The molecule has 0 fully saturated rings. The molecule has 2 N–H and O–H groups in total. The first-order valence-corrected chi connectivity index (χ1v) is 12.3. The van der Waals surface area contributed by atoms with Gasteiger partial charge in [0.25, 0.3) is 11.8 Å². The molecular weight excluding hydrogens is 514 g/mol. The predicted octanol–water partition coefficient (Wildman–Crippen LogP) is 4.61. The number of aliphatic hydroxyl groups excluding tert-OH is 1. The van der Waals surface area contributed by atoms with Gasteiger partial charge in [-0.2, -0.15) is 0 Å². The molecule has 0 amide bonds. The summed E-state index contributed by atoms with van der Waals surface area (Å²) in [5, 5.41) is 9.72. The van der Waals surface area contributed by atoms with E-state index in [0.29, 0.717) is 36.0 Å². The van der Waals surface area contributed by atoms with Crippen LogP contribution in [0.4, 0.5) is 26.3 Å². The summed E-state index contributed by atoms with van der Waals surface area (Å²) in [6.45, 7) is -0.514. The van der Waals surface area contributed by atoms with Crippen LogP contribution in [0.2, 0.25) is 0 Å². The lowest BCUT2D eigenvalue weighted by Gasteiger charge is -2.42. The summed E-state index contributed by atoms with van der Waals surface area (Å²) in [6.07, 6.45) is 1.30. The molecule has 3 aromatic rings. The molecule has 0 spiro atoms. The Kier molecular flexibility index (Phi) is 8.53. The Morgan fingerprint density at radius 1 is 1.24 bits per heavy atom. The molecule has 0 saturated carbocycles. The second-order valence-electron chi connectivity index (χ2n) is 9.68. The Balaban J connectivity index is 1.77. The Morgan fingerprint density at radius 2 is 2.00 bits per heavy atom. The topological polar surface area (TPSA) is 64.6 Å². The molecule has 38 heavy (non-hydrogen) atoms. The molecule has 6 nitrogen and oxygen atoms in total. The van der Waals surface area contributed by atoms with Gasteiger partial charge in [-0.3, -0.25) is 9.29 Å². The summed E-state index contributed by atoms with van der Waals surface area (Å²) in [7, 11) is 1.74. The molecule has 12 heteroatoms. The number of nitrogens with one attached hydrogen (secondary N) is 1. The van der Waals surface area contributed by atoms with Gasteiger partial charge in [-0.15, -0.1) is 0 Å². The maximum Gasteiger partial charge on any atom is 0.283 e. The van der Waals surface area contributed by atoms with Crippen molar-refractivity contribution in [3.05, 3.63) is 58.7 Å².